The van der Waals surface area contributed by atoms with Crippen molar-refractivity contribution in [2.45, 2.75) is 13.5 Å². The minimum atomic E-state index is -0.234. The van der Waals surface area contributed by atoms with Crippen LogP contribution in [-0.2, 0) is 6.54 Å². The van der Waals surface area contributed by atoms with Crippen molar-refractivity contribution in [1.29, 1.82) is 0 Å². The van der Waals surface area contributed by atoms with Crippen molar-refractivity contribution >= 4 is 32.5 Å². The lowest BCUT2D eigenvalue weighted by Gasteiger charge is -2.11. The van der Waals surface area contributed by atoms with Crippen molar-refractivity contribution in [2.24, 2.45) is 0 Å². The van der Waals surface area contributed by atoms with Gasteiger partial charge in [0.05, 0.1) is 4.47 Å². The lowest BCUT2D eigenvalue weighted by Crippen LogP contribution is -2.01. The van der Waals surface area contributed by atoms with Gasteiger partial charge in [-0.15, -0.1) is 0 Å². The summed E-state index contributed by atoms with van der Waals surface area (Å²) in [5.41, 5.74) is 4.16. The lowest BCUT2D eigenvalue weighted by molar-refractivity contribution is 0.620. The number of aromatic nitrogens is 1. The van der Waals surface area contributed by atoms with Gasteiger partial charge in [-0.3, -0.25) is 0 Å². The van der Waals surface area contributed by atoms with Crippen molar-refractivity contribution in [2.75, 3.05) is 5.32 Å². The summed E-state index contributed by atoms with van der Waals surface area (Å²) >= 11 is 3.21. The van der Waals surface area contributed by atoms with Gasteiger partial charge in [-0.1, -0.05) is 6.07 Å². The van der Waals surface area contributed by atoms with Gasteiger partial charge >= 0.3 is 0 Å². The Kier molecular flexibility index (Phi) is 3.49. The highest BCUT2D eigenvalue weighted by molar-refractivity contribution is 9.10. The molecule has 0 spiro atoms. The second-order valence-electron chi connectivity index (χ2n) is 4.83. The molecule has 0 aliphatic rings. The lowest BCUT2D eigenvalue weighted by atomic mass is 10.1. The zero-order chi connectivity index (χ0) is 14.1. The van der Waals surface area contributed by atoms with Crippen LogP contribution >= 0.6 is 15.9 Å². The number of fused-ring (bicyclic) bond motifs is 1. The van der Waals surface area contributed by atoms with Crippen LogP contribution in [0, 0.1) is 12.7 Å². The van der Waals surface area contributed by atoms with Gasteiger partial charge in [-0.2, -0.15) is 0 Å². The van der Waals surface area contributed by atoms with Crippen molar-refractivity contribution in [3.8, 4) is 0 Å². The molecule has 0 radical (unpaired) electrons. The molecule has 102 valence electrons. The molecule has 20 heavy (non-hydrogen) atoms. The third kappa shape index (κ3) is 2.56. The zero-order valence-electron chi connectivity index (χ0n) is 11.0. The van der Waals surface area contributed by atoms with Crippen molar-refractivity contribution in [3.63, 3.8) is 0 Å². The molecule has 0 saturated heterocycles. The van der Waals surface area contributed by atoms with E-state index >= 15 is 0 Å². The van der Waals surface area contributed by atoms with Crippen LogP contribution in [0.3, 0.4) is 0 Å². The molecule has 0 bridgehead atoms. The van der Waals surface area contributed by atoms with Crippen LogP contribution < -0.4 is 5.32 Å². The molecule has 0 fully saturated rings. The molecule has 2 aromatic carbocycles. The number of aromatic amines is 1. The van der Waals surface area contributed by atoms with Crippen molar-refractivity contribution in [3.05, 3.63) is 64.0 Å². The predicted molar refractivity (Wildman–Crippen MR) is 84.5 cm³/mol. The molecule has 0 atom stereocenters. The van der Waals surface area contributed by atoms with E-state index in [0.717, 1.165) is 16.8 Å². The first-order valence-corrected chi connectivity index (χ1v) is 7.18. The maximum atomic E-state index is 13.4. The van der Waals surface area contributed by atoms with Crippen LogP contribution in [0.1, 0.15) is 11.1 Å². The third-order valence-corrected chi connectivity index (χ3v) is 3.98. The van der Waals surface area contributed by atoms with Crippen molar-refractivity contribution < 1.29 is 4.39 Å². The maximum absolute atomic E-state index is 13.4. The average molecular weight is 333 g/mol. The Balaban J connectivity index is 1.80. The molecule has 3 aromatic rings. The van der Waals surface area contributed by atoms with Gasteiger partial charge in [0.1, 0.15) is 5.82 Å². The molecule has 0 aliphatic heterocycles. The van der Waals surface area contributed by atoms with Crippen LogP contribution in [0.15, 0.2) is 47.1 Å². The van der Waals surface area contributed by atoms with E-state index in [0.29, 0.717) is 11.0 Å². The topological polar surface area (TPSA) is 27.8 Å². The number of rotatable bonds is 3. The number of halogens is 2. The highest BCUT2D eigenvalue weighted by atomic mass is 79.9. The summed E-state index contributed by atoms with van der Waals surface area (Å²) in [5, 5.41) is 4.54. The first kappa shape index (κ1) is 13.2. The summed E-state index contributed by atoms with van der Waals surface area (Å²) in [7, 11) is 0. The molecule has 0 unspecified atom stereocenters. The van der Waals surface area contributed by atoms with E-state index in [1.807, 2.05) is 13.1 Å². The van der Waals surface area contributed by atoms with E-state index < -0.39 is 0 Å². The number of hydrogen-bond acceptors (Lipinski definition) is 1. The maximum Gasteiger partial charge on any atom is 0.137 e. The number of H-pyrrole nitrogens is 1. The average Bonchev–Trinajstić information content (AvgIpc) is 2.89. The summed E-state index contributed by atoms with van der Waals surface area (Å²) < 4.78 is 13.9. The monoisotopic (exact) mass is 332 g/mol. The highest BCUT2D eigenvalue weighted by Crippen LogP contribution is 2.25. The first-order valence-electron chi connectivity index (χ1n) is 6.39. The Morgan fingerprint density at radius 2 is 2.05 bits per heavy atom. The Morgan fingerprint density at radius 3 is 2.90 bits per heavy atom. The van der Waals surface area contributed by atoms with Gasteiger partial charge < -0.3 is 10.3 Å². The Bertz CT molecular complexity index is 764. The molecule has 2 N–H and O–H groups in total. The molecule has 1 aromatic heterocycles. The van der Waals surface area contributed by atoms with Crippen molar-refractivity contribution in [1.82, 2.24) is 4.98 Å². The highest BCUT2D eigenvalue weighted by Gasteiger charge is 2.05. The fourth-order valence-electron chi connectivity index (χ4n) is 2.25. The molecular weight excluding hydrogens is 319 g/mol. The quantitative estimate of drug-likeness (QED) is 0.694. The minimum Gasteiger partial charge on any atom is -0.381 e. The summed E-state index contributed by atoms with van der Waals surface area (Å²) in [6.07, 6.45) is 1.93. The molecule has 4 heteroatoms. The fourth-order valence-corrected chi connectivity index (χ4v) is 2.59. The number of benzene rings is 2. The molecule has 0 aliphatic carbocycles. The van der Waals surface area contributed by atoms with Crippen LogP contribution in [-0.4, -0.2) is 4.98 Å². The van der Waals surface area contributed by atoms with Gasteiger partial charge in [0.15, 0.2) is 0 Å². The molecule has 2 nitrogen and oxygen atoms in total. The Labute approximate surface area is 125 Å². The Morgan fingerprint density at radius 1 is 1.20 bits per heavy atom. The fraction of sp³-hybridized carbons (Fsp3) is 0.125. The molecule has 1 heterocycles. The standard InChI is InChI=1S/C16H14BrFN2/c1-10-6-14(18)13(17)8-16(10)20-9-11-2-3-15-12(7-11)4-5-19-15/h2-8,19-20H,9H2,1H3. The van der Waals surface area contributed by atoms with Gasteiger partial charge in [0, 0.05) is 23.9 Å². The number of aryl methyl sites for hydroxylation is 1. The van der Waals surface area contributed by atoms with Crippen LogP contribution in [0.4, 0.5) is 10.1 Å². The van der Waals surface area contributed by atoms with Crippen LogP contribution in [0.5, 0.6) is 0 Å². The third-order valence-electron chi connectivity index (χ3n) is 3.37. The normalized spacial score (nSPS) is 10.9. The second kappa shape index (κ2) is 5.29. The number of hydrogen-bond donors (Lipinski definition) is 2. The number of nitrogens with one attached hydrogen (secondary N) is 2. The summed E-state index contributed by atoms with van der Waals surface area (Å²) in [6.45, 7) is 2.60. The second-order valence-corrected chi connectivity index (χ2v) is 5.69. The molecule has 0 amide bonds. The largest absolute Gasteiger partial charge is 0.381 e. The van der Waals surface area contributed by atoms with E-state index in [-0.39, 0.29) is 5.82 Å². The van der Waals surface area contributed by atoms with Gasteiger partial charge in [-0.05, 0) is 69.7 Å². The van der Waals surface area contributed by atoms with Gasteiger partial charge in [0.25, 0.3) is 0 Å². The molecule has 3 rings (SSSR count). The summed E-state index contributed by atoms with van der Waals surface area (Å²) in [6, 6.07) is 11.7. The van der Waals surface area contributed by atoms with E-state index in [1.165, 1.54) is 17.0 Å². The van der Waals surface area contributed by atoms with E-state index in [4.69, 9.17) is 0 Å². The van der Waals surface area contributed by atoms with Crippen LogP contribution in [0.25, 0.3) is 10.9 Å². The SMILES string of the molecule is Cc1cc(F)c(Br)cc1NCc1ccc2[nH]ccc2c1. The Hall–Kier alpha value is -1.81. The van der Waals surface area contributed by atoms with Crippen LogP contribution in [0.2, 0.25) is 0 Å². The first-order chi connectivity index (χ1) is 9.63. The predicted octanol–water partition coefficient (Wildman–Crippen LogP) is 4.99. The summed E-state index contributed by atoms with van der Waals surface area (Å²) in [4.78, 5) is 3.18. The van der Waals surface area contributed by atoms with E-state index in [2.05, 4.69) is 50.5 Å². The van der Waals surface area contributed by atoms with Gasteiger partial charge in [0.2, 0.25) is 0 Å². The van der Waals surface area contributed by atoms with E-state index in [1.54, 1.807) is 6.07 Å². The molecule has 0 saturated carbocycles. The van der Waals surface area contributed by atoms with E-state index in [9.17, 15) is 4.39 Å². The summed E-state index contributed by atoms with van der Waals surface area (Å²) in [5.74, 6) is -0.234. The smallest absolute Gasteiger partial charge is 0.137 e. The van der Waals surface area contributed by atoms with Gasteiger partial charge in [-0.25, -0.2) is 4.39 Å². The number of anilines is 1. The molecular formula is C16H14BrFN2. The zero-order valence-corrected chi connectivity index (χ0v) is 12.6. The minimum absolute atomic E-state index is 0.234.